The Kier molecular flexibility index (Phi) is 17.9. The fraction of sp³-hybridized carbons (Fsp3) is 0.857. The van der Waals surface area contributed by atoms with Gasteiger partial charge in [-0.15, -0.1) is 0 Å². The maximum Gasteiger partial charge on any atom is 0.332 e. The lowest BCUT2D eigenvalue weighted by Crippen LogP contribution is -2.31. The molecule has 0 spiro atoms. The molecule has 0 unspecified atom stereocenters. The molecule has 1 N–H and O–H groups in total. The Morgan fingerprint density at radius 1 is 0.846 bits per heavy atom. The van der Waals surface area contributed by atoms with Gasteiger partial charge >= 0.3 is 5.97 Å². The lowest BCUT2D eigenvalue weighted by molar-refractivity contribution is -0.137. The first-order chi connectivity index (χ1) is 12.7. The Labute approximate surface area is 160 Å². The lowest BCUT2D eigenvalue weighted by Gasteiger charge is -2.19. The van der Waals surface area contributed by atoms with Gasteiger partial charge in [0, 0.05) is 25.0 Å². The fourth-order valence-corrected chi connectivity index (χ4v) is 2.74. The lowest BCUT2D eigenvalue weighted by atomic mass is 10.1. The number of ether oxygens (including phenoxy) is 3. The molecule has 0 aliphatic carbocycles. The average molecular weight is 372 g/mol. The molecule has 0 aromatic heterocycles. The maximum atomic E-state index is 11.8. The number of rotatable bonds is 18. The van der Waals surface area contributed by atoms with E-state index in [2.05, 4.69) is 12.2 Å². The summed E-state index contributed by atoms with van der Waals surface area (Å²) < 4.78 is 16.1. The third-order valence-electron chi connectivity index (χ3n) is 4.08. The van der Waals surface area contributed by atoms with Gasteiger partial charge in [-0.25, -0.2) is 4.79 Å². The maximum absolute atomic E-state index is 11.8. The molecular formula is C21H41NO4. The Bertz CT molecular complexity index is 352. The first-order valence-corrected chi connectivity index (χ1v) is 10.5. The SMILES string of the molecule is CCCCCCCCCC/C(=C\C(=O)OCC)NCC(OCC)OCC. The summed E-state index contributed by atoms with van der Waals surface area (Å²) in [6.07, 6.45) is 12.3. The number of unbranched alkanes of at least 4 members (excludes halogenated alkanes) is 7. The summed E-state index contributed by atoms with van der Waals surface area (Å²) in [5.41, 5.74) is 0.902. The van der Waals surface area contributed by atoms with Crippen LogP contribution in [-0.2, 0) is 19.0 Å². The predicted molar refractivity (Wildman–Crippen MR) is 107 cm³/mol. The number of hydrogen-bond donors (Lipinski definition) is 1. The van der Waals surface area contributed by atoms with Gasteiger partial charge in [-0.1, -0.05) is 51.9 Å². The molecule has 0 atom stereocenters. The van der Waals surface area contributed by atoms with E-state index in [1.807, 2.05) is 20.8 Å². The quantitative estimate of drug-likeness (QED) is 0.160. The largest absolute Gasteiger partial charge is 0.463 e. The monoisotopic (exact) mass is 371 g/mol. The second-order valence-corrected chi connectivity index (χ2v) is 6.37. The molecule has 0 amide bonds. The molecule has 0 bridgehead atoms. The van der Waals surface area contributed by atoms with Crippen molar-refractivity contribution >= 4 is 5.97 Å². The third kappa shape index (κ3) is 15.2. The van der Waals surface area contributed by atoms with Gasteiger partial charge in [0.15, 0.2) is 6.29 Å². The van der Waals surface area contributed by atoms with E-state index in [1.165, 1.54) is 44.9 Å². The standard InChI is InChI=1S/C21H41NO4/c1-5-9-10-11-12-13-14-15-16-19(17-20(23)24-6-2)22-18-21(25-7-3)26-8-4/h17,21-22H,5-16,18H2,1-4H3/b19-17+. The van der Waals surface area contributed by atoms with Crippen LogP contribution in [0.3, 0.4) is 0 Å². The highest BCUT2D eigenvalue weighted by Gasteiger charge is 2.10. The number of allylic oxidation sites excluding steroid dienone is 1. The van der Waals surface area contributed by atoms with E-state index >= 15 is 0 Å². The van der Waals surface area contributed by atoms with Crippen LogP contribution in [0.15, 0.2) is 11.8 Å². The van der Waals surface area contributed by atoms with Crippen LogP contribution >= 0.6 is 0 Å². The summed E-state index contributed by atoms with van der Waals surface area (Å²) in [6.45, 7) is 10.1. The molecule has 0 fully saturated rings. The van der Waals surface area contributed by atoms with E-state index < -0.39 is 0 Å². The van der Waals surface area contributed by atoms with E-state index in [-0.39, 0.29) is 12.3 Å². The summed E-state index contributed by atoms with van der Waals surface area (Å²) in [4.78, 5) is 11.8. The highest BCUT2D eigenvalue weighted by Crippen LogP contribution is 2.12. The molecule has 0 aliphatic rings. The third-order valence-corrected chi connectivity index (χ3v) is 4.08. The number of hydrogen-bond acceptors (Lipinski definition) is 5. The Balaban J connectivity index is 4.28. The molecule has 0 aromatic rings. The van der Waals surface area contributed by atoms with Crippen molar-refractivity contribution in [3.63, 3.8) is 0 Å². The number of carbonyl (C=O) groups excluding carboxylic acids is 1. The van der Waals surface area contributed by atoms with Gasteiger partial charge in [0.1, 0.15) is 0 Å². The smallest absolute Gasteiger partial charge is 0.332 e. The summed E-state index contributed by atoms with van der Waals surface area (Å²) in [6, 6.07) is 0. The summed E-state index contributed by atoms with van der Waals surface area (Å²) in [7, 11) is 0. The number of nitrogens with one attached hydrogen (secondary N) is 1. The van der Waals surface area contributed by atoms with Gasteiger partial charge in [-0.3, -0.25) is 0 Å². The van der Waals surface area contributed by atoms with E-state index in [0.29, 0.717) is 26.4 Å². The van der Waals surface area contributed by atoms with Crippen molar-refractivity contribution in [2.45, 2.75) is 91.8 Å². The van der Waals surface area contributed by atoms with Crippen LogP contribution in [0.2, 0.25) is 0 Å². The van der Waals surface area contributed by atoms with E-state index in [9.17, 15) is 4.79 Å². The van der Waals surface area contributed by atoms with Gasteiger partial charge < -0.3 is 19.5 Å². The summed E-state index contributed by atoms with van der Waals surface area (Å²) in [5, 5.41) is 3.31. The van der Waals surface area contributed by atoms with Crippen LogP contribution < -0.4 is 5.32 Å². The van der Waals surface area contributed by atoms with Crippen LogP contribution in [0, 0.1) is 0 Å². The summed E-state index contributed by atoms with van der Waals surface area (Å²) >= 11 is 0. The van der Waals surface area contributed by atoms with Crippen LogP contribution in [0.4, 0.5) is 0 Å². The van der Waals surface area contributed by atoms with Gasteiger partial charge in [0.2, 0.25) is 0 Å². The van der Waals surface area contributed by atoms with E-state index in [4.69, 9.17) is 14.2 Å². The Morgan fingerprint density at radius 2 is 1.42 bits per heavy atom. The van der Waals surface area contributed by atoms with Crippen LogP contribution in [0.5, 0.6) is 0 Å². The highest BCUT2D eigenvalue weighted by atomic mass is 16.7. The van der Waals surface area contributed by atoms with Gasteiger partial charge in [-0.05, 0) is 33.6 Å². The second kappa shape index (κ2) is 18.7. The summed E-state index contributed by atoms with van der Waals surface area (Å²) in [5.74, 6) is -0.293. The molecular weight excluding hydrogens is 330 g/mol. The molecule has 5 heteroatoms. The Morgan fingerprint density at radius 3 is 1.96 bits per heavy atom. The van der Waals surface area contributed by atoms with Crippen molar-refractivity contribution < 1.29 is 19.0 Å². The van der Waals surface area contributed by atoms with Crippen molar-refractivity contribution in [3.8, 4) is 0 Å². The number of esters is 1. The van der Waals surface area contributed by atoms with Crippen molar-refractivity contribution in [2.75, 3.05) is 26.4 Å². The molecule has 0 heterocycles. The van der Waals surface area contributed by atoms with Crippen molar-refractivity contribution in [2.24, 2.45) is 0 Å². The predicted octanol–water partition coefficient (Wildman–Crippen LogP) is 4.95. The number of carbonyl (C=O) groups is 1. The molecule has 0 rings (SSSR count). The zero-order chi connectivity index (χ0) is 19.5. The van der Waals surface area contributed by atoms with Crippen LogP contribution in [-0.4, -0.2) is 38.6 Å². The minimum atomic E-state index is -0.297. The van der Waals surface area contributed by atoms with Gasteiger partial charge in [-0.2, -0.15) is 0 Å². The minimum absolute atomic E-state index is 0.293. The Hall–Kier alpha value is -1.07. The van der Waals surface area contributed by atoms with Crippen molar-refractivity contribution in [1.29, 1.82) is 0 Å². The molecule has 154 valence electrons. The van der Waals surface area contributed by atoms with E-state index in [1.54, 1.807) is 6.08 Å². The minimum Gasteiger partial charge on any atom is -0.463 e. The molecule has 5 nitrogen and oxygen atoms in total. The normalized spacial score (nSPS) is 11.8. The highest BCUT2D eigenvalue weighted by molar-refractivity contribution is 5.82. The fourth-order valence-electron chi connectivity index (χ4n) is 2.74. The topological polar surface area (TPSA) is 56.8 Å². The van der Waals surface area contributed by atoms with E-state index in [0.717, 1.165) is 18.5 Å². The molecule has 0 saturated heterocycles. The zero-order valence-corrected chi connectivity index (χ0v) is 17.5. The van der Waals surface area contributed by atoms with Crippen molar-refractivity contribution in [3.05, 3.63) is 11.8 Å². The molecule has 0 aliphatic heterocycles. The second-order valence-electron chi connectivity index (χ2n) is 6.37. The first-order valence-electron chi connectivity index (χ1n) is 10.5. The molecule has 0 aromatic carbocycles. The van der Waals surface area contributed by atoms with Crippen LogP contribution in [0.25, 0.3) is 0 Å². The van der Waals surface area contributed by atoms with Crippen molar-refractivity contribution in [1.82, 2.24) is 5.32 Å². The van der Waals surface area contributed by atoms with Gasteiger partial charge in [0.05, 0.1) is 13.2 Å². The molecule has 26 heavy (non-hydrogen) atoms. The van der Waals surface area contributed by atoms with Gasteiger partial charge in [0.25, 0.3) is 0 Å². The van der Waals surface area contributed by atoms with Crippen LogP contribution in [0.1, 0.15) is 85.5 Å². The zero-order valence-electron chi connectivity index (χ0n) is 17.5. The molecule has 0 saturated carbocycles. The average Bonchev–Trinajstić information content (AvgIpc) is 2.62. The first kappa shape index (κ1) is 24.9. The molecule has 0 radical (unpaired) electrons.